The van der Waals surface area contributed by atoms with Crippen LogP contribution in [0.4, 0.5) is 5.82 Å². The van der Waals surface area contributed by atoms with Crippen LogP contribution in [-0.4, -0.2) is 54.2 Å². The van der Waals surface area contributed by atoms with Gasteiger partial charge >= 0.3 is 0 Å². The number of hydrogen-bond donors (Lipinski definition) is 1. The molecule has 1 unspecified atom stereocenters. The molecule has 0 radical (unpaired) electrons. The predicted octanol–water partition coefficient (Wildman–Crippen LogP) is 0.873. The van der Waals surface area contributed by atoms with Gasteiger partial charge in [0, 0.05) is 43.6 Å². The first-order valence-electron chi connectivity index (χ1n) is 8.73. The number of aryl methyl sites for hydroxylation is 2. The molecular formula is C17H22N8O. The fraction of sp³-hybridized carbons (Fsp3) is 0.471. The van der Waals surface area contributed by atoms with E-state index in [2.05, 4.69) is 37.2 Å². The van der Waals surface area contributed by atoms with Gasteiger partial charge in [-0.1, -0.05) is 0 Å². The van der Waals surface area contributed by atoms with E-state index < -0.39 is 0 Å². The minimum absolute atomic E-state index is 0.0599. The number of aromatic nitrogens is 6. The van der Waals surface area contributed by atoms with E-state index in [1.807, 2.05) is 14.0 Å². The Kier molecular flexibility index (Phi) is 4.06. The second-order valence-corrected chi connectivity index (χ2v) is 6.80. The van der Waals surface area contributed by atoms with E-state index in [1.54, 1.807) is 21.6 Å². The predicted molar refractivity (Wildman–Crippen MR) is 96.2 cm³/mol. The molecule has 0 aliphatic carbocycles. The van der Waals surface area contributed by atoms with E-state index in [0.717, 1.165) is 43.0 Å². The molecule has 9 nitrogen and oxygen atoms in total. The van der Waals surface area contributed by atoms with E-state index in [-0.39, 0.29) is 11.9 Å². The van der Waals surface area contributed by atoms with Crippen LogP contribution in [0.5, 0.6) is 0 Å². The Labute approximate surface area is 151 Å². The van der Waals surface area contributed by atoms with Crippen molar-refractivity contribution in [3.05, 3.63) is 35.8 Å². The first-order chi connectivity index (χ1) is 12.5. The average molecular weight is 354 g/mol. The lowest BCUT2D eigenvalue weighted by atomic mass is 10.0. The Morgan fingerprint density at radius 1 is 1.31 bits per heavy atom. The van der Waals surface area contributed by atoms with Gasteiger partial charge < -0.3 is 14.8 Å². The first-order valence-corrected chi connectivity index (χ1v) is 8.73. The summed E-state index contributed by atoms with van der Waals surface area (Å²) in [6.07, 6.45) is 6.82. The van der Waals surface area contributed by atoms with Crippen LogP contribution in [0.2, 0.25) is 0 Å². The minimum Gasteiger partial charge on any atom is -0.354 e. The van der Waals surface area contributed by atoms with Gasteiger partial charge in [-0.05, 0) is 26.7 Å². The number of piperidine rings is 1. The Morgan fingerprint density at radius 2 is 2.15 bits per heavy atom. The fourth-order valence-corrected chi connectivity index (χ4v) is 3.46. The van der Waals surface area contributed by atoms with Crippen molar-refractivity contribution < 1.29 is 4.79 Å². The lowest BCUT2D eigenvalue weighted by Crippen LogP contribution is -2.48. The van der Waals surface area contributed by atoms with Crippen molar-refractivity contribution in [2.75, 3.05) is 18.0 Å². The van der Waals surface area contributed by atoms with E-state index in [0.29, 0.717) is 11.5 Å². The van der Waals surface area contributed by atoms with Crippen LogP contribution in [0, 0.1) is 13.8 Å². The molecule has 9 heteroatoms. The molecule has 3 aromatic rings. The molecule has 26 heavy (non-hydrogen) atoms. The number of hydrogen-bond acceptors (Lipinski definition) is 6. The number of nitrogens with one attached hydrogen (secondary N) is 1. The van der Waals surface area contributed by atoms with E-state index in [9.17, 15) is 4.79 Å². The summed E-state index contributed by atoms with van der Waals surface area (Å²) in [5.41, 5.74) is 2.47. The van der Waals surface area contributed by atoms with Crippen LogP contribution >= 0.6 is 0 Å². The highest BCUT2D eigenvalue weighted by Gasteiger charge is 2.26. The highest BCUT2D eigenvalue weighted by atomic mass is 16.2. The minimum atomic E-state index is -0.133. The molecule has 1 amide bonds. The van der Waals surface area contributed by atoms with Gasteiger partial charge in [0.15, 0.2) is 0 Å². The van der Waals surface area contributed by atoms with Crippen LogP contribution in [0.15, 0.2) is 18.9 Å². The maximum absolute atomic E-state index is 12.4. The smallest absolute Gasteiger partial charge is 0.271 e. The maximum Gasteiger partial charge on any atom is 0.271 e. The van der Waals surface area contributed by atoms with Crippen molar-refractivity contribution in [2.45, 2.75) is 32.7 Å². The number of anilines is 1. The summed E-state index contributed by atoms with van der Waals surface area (Å²) in [6, 6.07) is 0.0599. The van der Waals surface area contributed by atoms with Gasteiger partial charge in [-0.2, -0.15) is 14.6 Å². The summed E-state index contributed by atoms with van der Waals surface area (Å²) in [4.78, 5) is 27.5. The van der Waals surface area contributed by atoms with Crippen LogP contribution in [0.25, 0.3) is 5.78 Å². The molecular weight excluding hydrogens is 332 g/mol. The highest BCUT2D eigenvalue weighted by Crippen LogP contribution is 2.25. The van der Waals surface area contributed by atoms with Crippen LogP contribution < -0.4 is 10.2 Å². The number of imidazole rings is 1. The summed E-state index contributed by atoms with van der Waals surface area (Å²) < 4.78 is 3.55. The molecule has 1 aliphatic heterocycles. The molecule has 0 spiro atoms. The van der Waals surface area contributed by atoms with Crippen molar-refractivity contribution in [3.8, 4) is 0 Å². The summed E-state index contributed by atoms with van der Waals surface area (Å²) in [5.74, 6) is 1.47. The van der Waals surface area contributed by atoms with Crippen molar-refractivity contribution in [1.29, 1.82) is 0 Å². The van der Waals surface area contributed by atoms with Gasteiger partial charge in [0.05, 0.1) is 6.33 Å². The van der Waals surface area contributed by atoms with Gasteiger partial charge in [0.2, 0.25) is 0 Å². The quantitative estimate of drug-likeness (QED) is 0.750. The molecule has 0 bridgehead atoms. The molecule has 1 N–H and O–H groups in total. The monoisotopic (exact) mass is 354 g/mol. The van der Waals surface area contributed by atoms with Crippen molar-refractivity contribution in [2.24, 2.45) is 7.05 Å². The van der Waals surface area contributed by atoms with Gasteiger partial charge in [0.25, 0.3) is 11.7 Å². The second-order valence-electron chi connectivity index (χ2n) is 6.80. The Bertz CT molecular complexity index is 959. The standard InChI is InChI=1S/C17H22N8O/c1-11-12(2)21-17-18-9-20-25(17)16(11)24-6-4-5-13(7-24)22-15(26)14-8-23(3)10-19-14/h8-10,13H,4-7H2,1-3H3,(H,22,26). The summed E-state index contributed by atoms with van der Waals surface area (Å²) >= 11 is 0. The third-order valence-electron chi connectivity index (χ3n) is 4.87. The van der Waals surface area contributed by atoms with Crippen LogP contribution in [0.3, 0.4) is 0 Å². The molecule has 1 saturated heterocycles. The second kappa shape index (κ2) is 6.40. The van der Waals surface area contributed by atoms with Gasteiger partial charge in [-0.15, -0.1) is 0 Å². The van der Waals surface area contributed by atoms with Crippen molar-refractivity contribution in [1.82, 2.24) is 34.4 Å². The Hall–Kier alpha value is -2.97. The zero-order valence-electron chi connectivity index (χ0n) is 15.2. The van der Waals surface area contributed by atoms with E-state index in [4.69, 9.17) is 0 Å². The number of rotatable bonds is 3. The molecule has 1 aliphatic rings. The third kappa shape index (κ3) is 2.89. The summed E-state index contributed by atoms with van der Waals surface area (Å²) in [5, 5.41) is 7.44. The average Bonchev–Trinajstić information content (AvgIpc) is 3.25. The van der Waals surface area contributed by atoms with Gasteiger partial charge in [-0.3, -0.25) is 4.79 Å². The zero-order valence-corrected chi connectivity index (χ0v) is 15.2. The fourth-order valence-electron chi connectivity index (χ4n) is 3.46. The topological polar surface area (TPSA) is 93.2 Å². The van der Waals surface area contributed by atoms with Gasteiger partial charge in [-0.25, -0.2) is 9.97 Å². The van der Waals surface area contributed by atoms with Gasteiger partial charge in [0.1, 0.15) is 17.8 Å². The Morgan fingerprint density at radius 3 is 2.92 bits per heavy atom. The SMILES string of the molecule is Cc1nc2ncnn2c(N2CCCC(NC(=O)c3cn(C)cn3)C2)c1C. The molecule has 136 valence electrons. The van der Waals surface area contributed by atoms with Crippen molar-refractivity contribution in [3.63, 3.8) is 0 Å². The lowest BCUT2D eigenvalue weighted by Gasteiger charge is -2.35. The Balaban J connectivity index is 1.57. The normalized spacial score (nSPS) is 17.7. The molecule has 4 rings (SSSR count). The van der Waals surface area contributed by atoms with E-state index >= 15 is 0 Å². The summed E-state index contributed by atoms with van der Waals surface area (Å²) in [7, 11) is 1.85. The van der Waals surface area contributed by atoms with Crippen molar-refractivity contribution >= 4 is 17.5 Å². The summed E-state index contributed by atoms with van der Waals surface area (Å²) in [6.45, 7) is 5.67. The largest absolute Gasteiger partial charge is 0.354 e. The highest BCUT2D eigenvalue weighted by molar-refractivity contribution is 5.92. The van der Waals surface area contributed by atoms with E-state index in [1.165, 1.54) is 6.33 Å². The molecule has 0 saturated carbocycles. The molecule has 1 fully saturated rings. The number of carbonyl (C=O) groups excluding carboxylic acids is 1. The van der Waals surface area contributed by atoms with Crippen LogP contribution in [0.1, 0.15) is 34.6 Å². The number of carbonyl (C=O) groups is 1. The number of amides is 1. The van der Waals surface area contributed by atoms with Crippen LogP contribution in [-0.2, 0) is 7.05 Å². The first kappa shape index (κ1) is 16.5. The third-order valence-corrected chi connectivity index (χ3v) is 4.87. The molecule has 4 heterocycles. The molecule has 3 aromatic heterocycles. The molecule has 1 atom stereocenters. The number of nitrogens with zero attached hydrogens (tertiary/aromatic N) is 7. The molecule has 0 aromatic carbocycles. The maximum atomic E-state index is 12.4. The zero-order chi connectivity index (χ0) is 18.3. The lowest BCUT2D eigenvalue weighted by molar-refractivity contribution is 0.0928. The number of fused-ring (bicyclic) bond motifs is 1.